The topological polar surface area (TPSA) is 115 Å². The van der Waals surface area contributed by atoms with E-state index in [4.69, 9.17) is 4.74 Å². The number of fused-ring (bicyclic) bond motifs is 1. The van der Waals surface area contributed by atoms with Gasteiger partial charge in [0.1, 0.15) is 20.8 Å². The predicted molar refractivity (Wildman–Crippen MR) is 144 cm³/mol. The normalized spacial score (nSPS) is 11.5. The molecule has 0 saturated carbocycles. The minimum absolute atomic E-state index is 0.190. The predicted octanol–water partition coefficient (Wildman–Crippen LogP) is 4.78. The first kappa shape index (κ1) is 26.7. The van der Waals surface area contributed by atoms with E-state index in [-0.39, 0.29) is 11.4 Å². The summed E-state index contributed by atoms with van der Waals surface area (Å²) in [6.07, 6.45) is 1.66. The number of sulfonamides is 1. The molecule has 0 aliphatic heterocycles. The lowest BCUT2D eigenvalue weighted by Gasteiger charge is -2.12. The standard InChI is InChI=1S/C24H22F2IN5O4S/c1-3-10-37(34,35)31-19-9-8-18(25)20(21(19)26)24(33)29-15-11-17-22(27)30-32(23(17)28-12-15)13-14-4-6-16(36-2)7-5-14/h4-9,11-12,31H,3,10,13H2,1-2H3,(H,29,33). The molecular formula is C24H22F2IN5O4S. The largest absolute Gasteiger partial charge is 0.497 e. The van der Waals surface area contributed by atoms with Crippen molar-refractivity contribution in [1.82, 2.24) is 14.8 Å². The van der Waals surface area contributed by atoms with Crippen molar-refractivity contribution in [3.63, 3.8) is 0 Å². The molecule has 2 aromatic carbocycles. The summed E-state index contributed by atoms with van der Waals surface area (Å²) in [5.74, 6) is -3.05. The molecule has 13 heteroatoms. The number of hydrogen-bond acceptors (Lipinski definition) is 6. The number of halogens is 3. The first-order valence-electron chi connectivity index (χ1n) is 11.1. The summed E-state index contributed by atoms with van der Waals surface area (Å²) >= 11 is 2.04. The molecule has 0 bridgehead atoms. The Labute approximate surface area is 225 Å². The number of nitrogens with one attached hydrogen (secondary N) is 2. The molecule has 1 amide bonds. The number of rotatable bonds is 9. The van der Waals surface area contributed by atoms with E-state index in [0.29, 0.717) is 27.7 Å². The van der Waals surface area contributed by atoms with Crippen molar-refractivity contribution in [1.29, 1.82) is 0 Å². The zero-order chi connectivity index (χ0) is 26.7. The van der Waals surface area contributed by atoms with E-state index in [1.54, 1.807) is 24.8 Å². The average molecular weight is 641 g/mol. The number of ether oxygens (including phenoxy) is 1. The minimum atomic E-state index is -3.84. The molecule has 2 N–H and O–H groups in total. The van der Waals surface area contributed by atoms with E-state index < -0.39 is 38.8 Å². The third kappa shape index (κ3) is 5.98. The maximum absolute atomic E-state index is 15.0. The van der Waals surface area contributed by atoms with Gasteiger partial charge in [0.05, 0.1) is 42.4 Å². The van der Waals surface area contributed by atoms with Gasteiger partial charge in [0, 0.05) is 0 Å². The van der Waals surface area contributed by atoms with Gasteiger partial charge in [-0.25, -0.2) is 26.9 Å². The Balaban J connectivity index is 1.58. The Morgan fingerprint density at radius 3 is 2.57 bits per heavy atom. The van der Waals surface area contributed by atoms with Gasteiger partial charge < -0.3 is 10.1 Å². The SMILES string of the molecule is CCCS(=O)(=O)Nc1ccc(F)c(C(=O)Nc2cnc3c(c2)c(I)nn3Cc2ccc(OC)cc2)c1F. The summed E-state index contributed by atoms with van der Waals surface area (Å²) in [5, 5.41) is 7.57. The van der Waals surface area contributed by atoms with Crippen molar-refractivity contribution in [3.05, 3.63) is 75.1 Å². The molecule has 0 saturated heterocycles. The highest BCUT2D eigenvalue weighted by molar-refractivity contribution is 14.1. The molecule has 2 heterocycles. The summed E-state index contributed by atoms with van der Waals surface area (Å²) in [6, 6.07) is 10.9. The molecular weight excluding hydrogens is 619 g/mol. The second-order valence-corrected chi connectivity index (χ2v) is 10.9. The van der Waals surface area contributed by atoms with E-state index in [2.05, 4.69) is 20.1 Å². The number of methoxy groups -OCH3 is 1. The third-order valence-electron chi connectivity index (χ3n) is 5.35. The van der Waals surface area contributed by atoms with Crippen LogP contribution in [0.4, 0.5) is 20.2 Å². The van der Waals surface area contributed by atoms with Crippen LogP contribution in [0.3, 0.4) is 0 Å². The van der Waals surface area contributed by atoms with Crippen molar-refractivity contribution in [2.75, 3.05) is 22.9 Å². The number of benzene rings is 2. The first-order chi connectivity index (χ1) is 17.6. The number of nitrogens with zero attached hydrogens (tertiary/aromatic N) is 3. The highest BCUT2D eigenvalue weighted by Gasteiger charge is 2.23. The Kier molecular flexibility index (Phi) is 7.92. The van der Waals surface area contributed by atoms with E-state index in [1.165, 1.54) is 6.20 Å². The summed E-state index contributed by atoms with van der Waals surface area (Å²) in [5.41, 5.74) is 0.295. The smallest absolute Gasteiger partial charge is 0.261 e. The highest BCUT2D eigenvalue weighted by atomic mass is 127. The fourth-order valence-corrected chi connectivity index (χ4v) is 5.41. The molecule has 0 aliphatic carbocycles. The van der Waals surface area contributed by atoms with Gasteiger partial charge in [-0.2, -0.15) is 5.10 Å². The van der Waals surface area contributed by atoms with Crippen LogP contribution in [0.25, 0.3) is 11.0 Å². The van der Waals surface area contributed by atoms with E-state index in [1.807, 2.05) is 46.9 Å². The van der Waals surface area contributed by atoms with Gasteiger partial charge in [-0.15, -0.1) is 0 Å². The molecule has 0 spiro atoms. The average Bonchev–Trinajstić information content (AvgIpc) is 3.15. The lowest BCUT2D eigenvalue weighted by Crippen LogP contribution is -2.20. The Hall–Kier alpha value is -3.33. The van der Waals surface area contributed by atoms with Gasteiger partial charge >= 0.3 is 0 Å². The van der Waals surface area contributed by atoms with Gasteiger partial charge in [-0.05, 0) is 64.9 Å². The number of pyridine rings is 1. The van der Waals surface area contributed by atoms with Crippen LogP contribution in [-0.4, -0.2) is 42.0 Å². The third-order valence-corrected chi connectivity index (χ3v) is 7.62. The van der Waals surface area contributed by atoms with Crippen LogP contribution in [0.15, 0.2) is 48.7 Å². The van der Waals surface area contributed by atoms with Crippen molar-refractivity contribution in [2.45, 2.75) is 19.9 Å². The van der Waals surface area contributed by atoms with Crippen LogP contribution >= 0.6 is 22.6 Å². The molecule has 0 atom stereocenters. The van der Waals surface area contributed by atoms with Crippen LogP contribution in [0.1, 0.15) is 29.3 Å². The minimum Gasteiger partial charge on any atom is -0.497 e. The fourth-order valence-electron chi connectivity index (χ4n) is 3.63. The molecule has 37 heavy (non-hydrogen) atoms. The van der Waals surface area contributed by atoms with Crippen LogP contribution in [0, 0.1) is 15.3 Å². The summed E-state index contributed by atoms with van der Waals surface area (Å²) in [7, 11) is -2.25. The molecule has 194 valence electrons. The van der Waals surface area contributed by atoms with Crippen LogP contribution in [0.2, 0.25) is 0 Å². The Bertz CT molecular complexity index is 1580. The van der Waals surface area contributed by atoms with Gasteiger partial charge in [0.2, 0.25) is 10.0 Å². The lowest BCUT2D eigenvalue weighted by molar-refractivity contribution is 0.101. The first-order valence-corrected chi connectivity index (χ1v) is 13.8. The number of carbonyl (C=O) groups excluding carboxylic acids is 1. The molecule has 0 aliphatic rings. The van der Waals surface area contributed by atoms with E-state index in [0.717, 1.165) is 23.4 Å². The van der Waals surface area contributed by atoms with Crippen molar-refractivity contribution < 1.29 is 26.7 Å². The van der Waals surface area contributed by atoms with E-state index >= 15 is 0 Å². The van der Waals surface area contributed by atoms with Gasteiger partial charge in [-0.1, -0.05) is 19.1 Å². The zero-order valence-corrected chi connectivity index (χ0v) is 22.7. The summed E-state index contributed by atoms with van der Waals surface area (Å²) in [6.45, 7) is 2.09. The van der Waals surface area contributed by atoms with Gasteiger partial charge in [0.25, 0.3) is 5.91 Å². The second kappa shape index (κ2) is 11.0. The summed E-state index contributed by atoms with van der Waals surface area (Å²) < 4.78 is 63.0. The molecule has 0 fully saturated rings. The number of hydrogen-bond donors (Lipinski definition) is 2. The maximum Gasteiger partial charge on any atom is 0.261 e. The molecule has 4 aromatic rings. The number of aromatic nitrogens is 3. The van der Waals surface area contributed by atoms with Crippen LogP contribution in [-0.2, 0) is 16.6 Å². The van der Waals surface area contributed by atoms with Crippen LogP contribution in [0.5, 0.6) is 5.75 Å². The summed E-state index contributed by atoms with van der Waals surface area (Å²) in [4.78, 5) is 17.2. The Morgan fingerprint density at radius 1 is 1.16 bits per heavy atom. The number of carbonyl (C=O) groups is 1. The lowest BCUT2D eigenvalue weighted by atomic mass is 10.1. The fraction of sp³-hybridized carbons (Fsp3) is 0.208. The van der Waals surface area contributed by atoms with Crippen molar-refractivity contribution >= 4 is 60.9 Å². The molecule has 0 radical (unpaired) electrons. The number of anilines is 2. The second-order valence-electron chi connectivity index (χ2n) is 8.05. The van der Waals surface area contributed by atoms with E-state index in [9.17, 15) is 22.0 Å². The Morgan fingerprint density at radius 2 is 1.89 bits per heavy atom. The quantitative estimate of drug-likeness (QED) is 0.255. The van der Waals surface area contributed by atoms with Gasteiger partial charge in [-0.3, -0.25) is 9.52 Å². The van der Waals surface area contributed by atoms with Gasteiger partial charge in [0.15, 0.2) is 11.5 Å². The van der Waals surface area contributed by atoms with Crippen LogP contribution < -0.4 is 14.8 Å². The monoisotopic (exact) mass is 641 g/mol. The highest BCUT2D eigenvalue weighted by Crippen LogP contribution is 2.26. The molecule has 9 nitrogen and oxygen atoms in total. The number of amides is 1. The maximum atomic E-state index is 15.0. The molecule has 2 aromatic heterocycles. The van der Waals surface area contributed by atoms with Crippen molar-refractivity contribution in [2.24, 2.45) is 0 Å². The van der Waals surface area contributed by atoms with Crippen molar-refractivity contribution in [3.8, 4) is 5.75 Å². The zero-order valence-electron chi connectivity index (χ0n) is 19.8. The molecule has 4 rings (SSSR count). The molecule has 0 unspecified atom stereocenters.